The predicted octanol–water partition coefficient (Wildman–Crippen LogP) is 6.66. The number of hydrogen-bond acceptors (Lipinski definition) is 5. The maximum absolute atomic E-state index is 13.7. The molecule has 0 atom stereocenters. The average Bonchev–Trinajstić information content (AvgIpc) is 3.51. The zero-order valence-electron chi connectivity index (χ0n) is 24.3. The second kappa shape index (κ2) is 12.2. The number of piperidine rings is 1. The molecule has 2 aliphatic rings. The Labute approximate surface area is 261 Å². The van der Waals surface area contributed by atoms with Gasteiger partial charge in [0.1, 0.15) is 0 Å². The van der Waals surface area contributed by atoms with Crippen molar-refractivity contribution in [2.24, 2.45) is 0 Å². The number of carbonyl (C=O) groups is 3. The number of carbonyl (C=O) groups excluding carboxylic acids is 3. The average molecular weight is 640 g/mol. The molecule has 0 spiro atoms. The predicted molar refractivity (Wildman–Crippen MR) is 160 cm³/mol. The third-order valence-corrected chi connectivity index (χ3v) is 8.70. The van der Waals surface area contributed by atoms with E-state index in [0.29, 0.717) is 47.5 Å². The Bertz CT molecular complexity index is 1760. The molecule has 3 aromatic carbocycles. The first kappa shape index (κ1) is 30.7. The number of fused-ring (bicyclic) bond motifs is 2. The van der Waals surface area contributed by atoms with Crippen molar-refractivity contribution < 1.29 is 37.0 Å². The fourth-order valence-corrected chi connectivity index (χ4v) is 6.47. The van der Waals surface area contributed by atoms with Crippen LogP contribution in [0.3, 0.4) is 0 Å². The van der Waals surface area contributed by atoms with Gasteiger partial charge in [0.2, 0.25) is 0 Å². The molecule has 45 heavy (non-hydrogen) atoms. The lowest BCUT2D eigenvalue weighted by Gasteiger charge is -2.33. The lowest BCUT2D eigenvalue weighted by molar-refractivity contribution is -0.274. The minimum atomic E-state index is -4.89. The third kappa shape index (κ3) is 6.02. The highest BCUT2D eigenvalue weighted by Gasteiger charge is 2.36. The van der Waals surface area contributed by atoms with Gasteiger partial charge in [-0.1, -0.05) is 48.0 Å². The first-order chi connectivity index (χ1) is 21.6. The summed E-state index contributed by atoms with van der Waals surface area (Å²) in [6.45, 7) is 1.39. The van der Waals surface area contributed by atoms with Crippen molar-refractivity contribution in [1.82, 2.24) is 14.4 Å². The van der Waals surface area contributed by atoms with Crippen LogP contribution in [-0.4, -0.2) is 65.3 Å². The normalized spacial score (nSPS) is 15.7. The number of para-hydroxylation sites is 1. The molecule has 3 heterocycles. The quantitative estimate of drug-likeness (QED) is 0.202. The molecule has 0 saturated carbocycles. The highest BCUT2D eigenvalue weighted by atomic mass is 35.5. The third-order valence-electron chi connectivity index (χ3n) is 8.36. The van der Waals surface area contributed by atoms with Gasteiger partial charge in [-0.25, -0.2) is 0 Å². The lowest BCUT2D eigenvalue weighted by Crippen LogP contribution is -2.38. The number of halogens is 4. The van der Waals surface area contributed by atoms with Crippen molar-refractivity contribution in [3.8, 4) is 5.75 Å². The van der Waals surface area contributed by atoms with Crippen molar-refractivity contribution in [3.05, 3.63) is 99.7 Å². The van der Waals surface area contributed by atoms with E-state index >= 15 is 0 Å². The van der Waals surface area contributed by atoms with Gasteiger partial charge in [-0.3, -0.25) is 19.3 Å². The molecule has 4 aromatic rings. The smallest absolute Gasteiger partial charge is 0.404 e. The fourth-order valence-electron chi connectivity index (χ4n) is 6.20. The summed E-state index contributed by atoms with van der Waals surface area (Å²) in [5.41, 5.74) is 2.88. The highest BCUT2D eigenvalue weighted by molar-refractivity contribution is 6.31. The molecule has 1 fully saturated rings. The summed E-state index contributed by atoms with van der Waals surface area (Å²) in [7, 11) is 1.49. The molecule has 12 heteroatoms. The van der Waals surface area contributed by atoms with Crippen molar-refractivity contribution in [2.45, 2.75) is 38.2 Å². The van der Waals surface area contributed by atoms with Crippen LogP contribution in [0.2, 0.25) is 5.02 Å². The number of aromatic nitrogens is 1. The minimum Gasteiger partial charge on any atom is -0.404 e. The van der Waals surface area contributed by atoms with Gasteiger partial charge in [-0.05, 0) is 54.2 Å². The van der Waals surface area contributed by atoms with Crippen LogP contribution in [0.4, 0.5) is 13.2 Å². The Morgan fingerprint density at radius 1 is 0.978 bits per heavy atom. The molecule has 0 aliphatic carbocycles. The monoisotopic (exact) mass is 639 g/mol. The van der Waals surface area contributed by atoms with Gasteiger partial charge in [-0.15, -0.1) is 13.2 Å². The molecular formula is C33H29ClF3N3O5. The molecule has 0 N–H and O–H groups in total. The number of imide groups is 1. The number of nitrogens with zero attached hydrogens (tertiary/aromatic N) is 3. The largest absolute Gasteiger partial charge is 0.573 e. The second-order valence-electron chi connectivity index (χ2n) is 11.1. The number of alkyl halides is 3. The number of amides is 3. The first-order valence-corrected chi connectivity index (χ1v) is 14.8. The van der Waals surface area contributed by atoms with Gasteiger partial charge in [0.15, 0.2) is 5.75 Å². The summed E-state index contributed by atoms with van der Waals surface area (Å²) >= 11 is 6.61. The van der Waals surface area contributed by atoms with Crippen LogP contribution in [0.5, 0.6) is 5.75 Å². The standard InChI is InChI=1S/C33H29ClF3N3O5/c1-44-16-15-39-19-26(22-7-4-8-28(29(22)39)45-33(35,36)37)30(41)38-13-11-21(12-14-38)25-17-20(9-10-27(25)34)18-40-31(42)23-5-2-3-6-24(23)32(40)43/h2-10,17,19,21H,11-16,18H2,1H3. The molecule has 234 valence electrons. The van der Waals surface area contributed by atoms with E-state index in [9.17, 15) is 27.6 Å². The molecule has 1 saturated heterocycles. The number of hydrogen-bond donors (Lipinski definition) is 0. The van der Waals surface area contributed by atoms with Crippen molar-refractivity contribution >= 4 is 40.2 Å². The van der Waals surface area contributed by atoms with Crippen molar-refractivity contribution in [1.29, 1.82) is 0 Å². The Kier molecular flexibility index (Phi) is 8.32. The zero-order chi connectivity index (χ0) is 31.9. The molecule has 0 radical (unpaired) electrons. The first-order valence-electron chi connectivity index (χ1n) is 14.4. The van der Waals surface area contributed by atoms with E-state index in [1.165, 1.54) is 24.1 Å². The SMILES string of the molecule is COCCn1cc(C(=O)N2CCC(c3cc(CN4C(=O)c5ccccc5C4=O)ccc3Cl)CC2)c2cccc(OC(F)(F)F)c21. The van der Waals surface area contributed by atoms with Gasteiger partial charge in [0.25, 0.3) is 17.7 Å². The topological polar surface area (TPSA) is 81.1 Å². The van der Waals surface area contributed by atoms with Crippen LogP contribution in [0.15, 0.2) is 66.9 Å². The summed E-state index contributed by atoms with van der Waals surface area (Å²) in [5, 5.41) is 0.924. The van der Waals surface area contributed by atoms with E-state index in [-0.39, 0.29) is 60.2 Å². The van der Waals surface area contributed by atoms with Crippen LogP contribution < -0.4 is 4.74 Å². The summed E-state index contributed by atoms with van der Waals surface area (Å²) in [6, 6.07) is 16.5. The van der Waals surface area contributed by atoms with E-state index in [2.05, 4.69) is 4.74 Å². The van der Waals surface area contributed by atoms with Gasteiger partial charge in [0.05, 0.1) is 35.4 Å². The van der Waals surface area contributed by atoms with E-state index < -0.39 is 6.36 Å². The maximum Gasteiger partial charge on any atom is 0.573 e. The van der Waals surface area contributed by atoms with Crippen LogP contribution >= 0.6 is 11.6 Å². The highest BCUT2D eigenvalue weighted by Crippen LogP contribution is 2.37. The number of benzene rings is 3. The molecule has 8 nitrogen and oxygen atoms in total. The van der Waals surface area contributed by atoms with Crippen LogP contribution in [0.1, 0.15) is 61.0 Å². The summed E-state index contributed by atoms with van der Waals surface area (Å²) in [6.07, 6.45) is -2.12. The Morgan fingerprint density at radius 3 is 2.31 bits per heavy atom. The molecule has 0 unspecified atom stereocenters. The Balaban J connectivity index is 1.18. The van der Waals surface area contributed by atoms with Crippen molar-refractivity contribution in [3.63, 3.8) is 0 Å². The van der Waals surface area contributed by atoms with E-state index in [4.69, 9.17) is 16.3 Å². The molecule has 6 rings (SSSR count). The van der Waals surface area contributed by atoms with Gasteiger partial charge in [-0.2, -0.15) is 0 Å². The molecule has 3 amide bonds. The number of rotatable bonds is 8. The van der Waals surface area contributed by atoms with E-state index in [1.807, 2.05) is 6.07 Å². The zero-order valence-corrected chi connectivity index (χ0v) is 25.0. The summed E-state index contributed by atoms with van der Waals surface area (Å²) < 4.78 is 50.4. The molecule has 2 aliphatic heterocycles. The van der Waals surface area contributed by atoms with E-state index in [0.717, 1.165) is 11.1 Å². The second-order valence-corrected chi connectivity index (χ2v) is 11.5. The van der Waals surface area contributed by atoms with Gasteiger partial charge in [0, 0.05) is 43.3 Å². The number of methoxy groups -OCH3 is 1. The van der Waals surface area contributed by atoms with Gasteiger partial charge < -0.3 is 18.9 Å². The van der Waals surface area contributed by atoms with E-state index in [1.54, 1.807) is 58.1 Å². The molecular weight excluding hydrogens is 611 g/mol. The van der Waals surface area contributed by atoms with Crippen LogP contribution in [-0.2, 0) is 17.8 Å². The lowest BCUT2D eigenvalue weighted by atomic mass is 9.88. The van der Waals surface area contributed by atoms with Crippen molar-refractivity contribution in [2.75, 3.05) is 26.8 Å². The maximum atomic E-state index is 13.7. The van der Waals surface area contributed by atoms with Crippen LogP contribution in [0, 0.1) is 0 Å². The number of likely N-dealkylation sites (tertiary alicyclic amines) is 1. The molecule has 0 bridgehead atoms. The Hall–Kier alpha value is -4.35. The number of ether oxygens (including phenoxy) is 2. The molecule has 1 aromatic heterocycles. The summed E-state index contributed by atoms with van der Waals surface area (Å²) in [5.74, 6) is -1.31. The summed E-state index contributed by atoms with van der Waals surface area (Å²) in [4.78, 5) is 42.4. The van der Waals surface area contributed by atoms with Gasteiger partial charge >= 0.3 is 6.36 Å². The fraction of sp³-hybridized carbons (Fsp3) is 0.303. The Morgan fingerprint density at radius 2 is 1.67 bits per heavy atom. The minimum absolute atomic E-state index is 0.0264. The van der Waals surface area contributed by atoms with Crippen LogP contribution in [0.25, 0.3) is 10.9 Å².